The molecular weight excluding hydrogens is 272 g/mol. The number of amides is 1. The van der Waals surface area contributed by atoms with Gasteiger partial charge in [0, 0.05) is 6.04 Å². The Balaban J connectivity index is 1.88. The quantitative estimate of drug-likeness (QED) is 0.759. The van der Waals surface area contributed by atoms with Crippen molar-refractivity contribution in [3.8, 4) is 5.75 Å². The molecule has 1 heterocycles. The normalized spacial score (nSPS) is 15.2. The van der Waals surface area contributed by atoms with Crippen LogP contribution in [0.1, 0.15) is 31.4 Å². The Morgan fingerprint density at radius 1 is 1.45 bits per heavy atom. The molecule has 0 radical (unpaired) electrons. The highest BCUT2D eigenvalue weighted by Gasteiger charge is 2.17. The number of unbranched alkanes of at least 4 members (excludes halogenated alkanes) is 1. The molecule has 0 fully saturated rings. The van der Waals surface area contributed by atoms with Gasteiger partial charge in [0.2, 0.25) is 0 Å². The number of hydrogen-bond acceptors (Lipinski definition) is 4. The summed E-state index contributed by atoms with van der Waals surface area (Å²) in [6.45, 7) is 3.26. The molecule has 1 aliphatic heterocycles. The summed E-state index contributed by atoms with van der Waals surface area (Å²) in [5, 5.41) is 6.36. The van der Waals surface area contributed by atoms with E-state index in [4.69, 9.17) is 4.74 Å². The highest BCUT2D eigenvalue weighted by atomic mass is 32.2. The van der Waals surface area contributed by atoms with Crippen LogP contribution in [-0.2, 0) is 4.79 Å². The first-order valence-corrected chi connectivity index (χ1v) is 8.39. The molecule has 110 valence electrons. The molecule has 1 unspecified atom stereocenters. The van der Waals surface area contributed by atoms with Crippen LogP contribution in [-0.4, -0.2) is 31.1 Å². The van der Waals surface area contributed by atoms with E-state index in [1.54, 1.807) is 0 Å². The predicted molar refractivity (Wildman–Crippen MR) is 84.6 cm³/mol. The summed E-state index contributed by atoms with van der Waals surface area (Å²) in [6, 6.07) is 6.24. The molecular formula is C15H22N2O2S. The summed E-state index contributed by atoms with van der Waals surface area (Å²) in [5.74, 6) is 1.88. The molecule has 4 nitrogen and oxygen atoms in total. The summed E-state index contributed by atoms with van der Waals surface area (Å²) in [4.78, 5) is 11.3. The number of carbonyl (C=O) groups is 1. The van der Waals surface area contributed by atoms with Gasteiger partial charge in [0.1, 0.15) is 5.75 Å². The summed E-state index contributed by atoms with van der Waals surface area (Å²) in [6.07, 6.45) is 4.57. The van der Waals surface area contributed by atoms with Gasteiger partial charge in [-0.1, -0.05) is 6.07 Å². The number of nitrogens with one attached hydrogen (secondary N) is 2. The van der Waals surface area contributed by atoms with Crippen molar-refractivity contribution >= 4 is 23.4 Å². The number of rotatable bonds is 7. The Morgan fingerprint density at radius 3 is 3.10 bits per heavy atom. The molecule has 5 heteroatoms. The largest absolute Gasteiger partial charge is 0.482 e. The lowest BCUT2D eigenvalue weighted by molar-refractivity contribution is -0.118. The Labute approximate surface area is 124 Å². The Morgan fingerprint density at radius 2 is 2.30 bits per heavy atom. The third kappa shape index (κ3) is 4.15. The van der Waals surface area contributed by atoms with Gasteiger partial charge in [-0.2, -0.15) is 11.8 Å². The van der Waals surface area contributed by atoms with Gasteiger partial charge in [-0.3, -0.25) is 4.79 Å². The lowest BCUT2D eigenvalue weighted by Crippen LogP contribution is -2.26. The van der Waals surface area contributed by atoms with Crippen LogP contribution in [0.2, 0.25) is 0 Å². The van der Waals surface area contributed by atoms with Gasteiger partial charge in [-0.15, -0.1) is 0 Å². The molecule has 2 rings (SSSR count). The topological polar surface area (TPSA) is 50.4 Å². The van der Waals surface area contributed by atoms with E-state index >= 15 is 0 Å². The maximum atomic E-state index is 11.3. The van der Waals surface area contributed by atoms with E-state index in [0.29, 0.717) is 0 Å². The van der Waals surface area contributed by atoms with Gasteiger partial charge < -0.3 is 15.4 Å². The average molecular weight is 294 g/mol. The minimum atomic E-state index is -0.0904. The Bertz CT molecular complexity index is 465. The molecule has 1 amide bonds. The standard InChI is InChI=1S/C15H22N2O2S/c1-11(16-7-3-4-8-20-2)12-5-6-14-13(9-12)17-15(18)10-19-14/h5-6,9,11,16H,3-4,7-8,10H2,1-2H3,(H,17,18). The predicted octanol–water partition coefficient (Wildman–Crippen LogP) is 2.81. The fraction of sp³-hybridized carbons (Fsp3) is 0.533. The van der Waals surface area contributed by atoms with Gasteiger partial charge in [0.05, 0.1) is 5.69 Å². The van der Waals surface area contributed by atoms with Gasteiger partial charge in [0.25, 0.3) is 5.91 Å². The van der Waals surface area contributed by atoms with Crippen LogP contribution in [0.25, 0.3) is 0 Å². The van der Waals surface area contributed by atoms with Crippen LogP contribution in [0, 0.1) is 0 Å². The minimum Gasteiger partial charge on any atom is -0.482 e. The van der Waals surface area contributed by atoms with Crippen molar-refractivity contribution in [2.75, 3.05) is 30.5 Å². The first kappa shape index (κ1) is 15.2. The second kappa shape index (κ2) is 7.55. The lowest BCUT2D eigenvalue weighted by atomic mass is 10.1. The number of carbonyl (C=O) groups excluding carboxylic acids is 1. The first-order valence-electron chi connectivity index (χ1n) is 6.99. The number of benzene rings is 1. The maximum absolute atomic E-state index is 11.3. The molecule has 0 saturated carbocycles. The van der Waals surface area contributed by atoms with Crippen molar-refractivity contribution in [2.45, 2.75) is 25.8 Å². The summed E-state index contributed by atoms with van der Waals surface area (Å²) < 4.78 is 5.36. The molecule has 2 N–H and O–H groups in total. The summed E-state index contributed by atoms with van der Waals surface area (Å²) in [7, 11) is 0. The molecule has 1 aromatic carbocycles. The fourth-order valence-electron chi connectivity index (χ4n) is 2.18. The van der Waals surface area contributed by atoms with Gasteiger partial charge >= 0.3 is 0 Å². The zero-order valence-corrected chi connectivity index (χ0v) is 12.9. The maximum Gasteiger partial charge on any atom is 0.262 e. The zero-order valence-electron chi connectivity index (χ0n) is 12.1. The fourth-order valence-corrected chi connectivity index (χ4v) is 2.67. The number of ether oxygens (including phenoxy) is 1. The van der Waals surface area contributed by atoms with E-state index in [9.17, 15) is 4.79 Å². The van der Waals surface area contributed by atoms with E-state index in [0.717, 1.165) is 18.0 Å². The van der Waals surface area contributed by atoms with Crippen molar-refractivity contribution in [3.63, 3.8) is 0 Å². The monoisotopic (exact) mass is 294 g/mol. The lowest BCUT2D eigenvalue weighted by Gasteiger charge is -2.21. The molecule has 0 saturated heterocycles. The van der Waals surface area contributed by atoms with Crippen LogP contribution >= 0.6 is 11.8 Å². The van der Waals surface area contributed by atoms with E-state index in [1.165, 1.54) is 24.2 Å². The highest BCUT2D eigenvalue weighted by Crippen LogP contribution is 2.30. The molecule has 1 atom stereocenters. The molecule has 0 bridgehead atoms. The Hall–Kier alpha value is -1.20. The second-order valence-corrected chi connectivity index (χ2v) is 5.95. The van der Waals surface area contributed by atoms with Gasteiger partial charge in [0.15, 0.2) is 6.61 Å². The van der Waals surface area contributed by atoms with E-state index in [-0.39, 0.29) is 18.6 Å². The first-order chi connectivity index (χ1) is 9.70. The Kier molecular flexibility index (Phi) is 5.73. The van der Waals surface area contributed by atoms with Gasteiger partial charge in [-0.05, 0) is 56.0 Å². The SMILES string of the molecule is CSCCCCNC(C)c1ccc2c(c1)NC(=O)CO2. The number of thioether (sulfide) groups is 1. The molecule has 1 aromatic rings. The van der Waals surface area contributed by atoms with E-state index in [2.05, 4.69) is 29.9 Å². The van der Waals surface area contributed by atoms with Gasteiger partial charge in [-0.25, -0.2) is 0 Å². The van der Waals surface area contributed by atoms with Crippen LogP contribution < -0.4 is 15.4 Å². The summed E-state index contributed by atoms with van der Waals surface area (Å²) >= 11 is 1.89. The third-order valence-corrected chi connectivity index (χ3v) is 4.06. The van der Waals surface area contributed by atoms with Crippen molar-refractivity contribution in [1.29, 1.82) is 0 Å². The van der Waals surface area contributed by atoms with E-state index in [1.807, 2.05) is 23.9 Å². The molecule has 0 spiro atoms. The second-order valence-electron chi connectivity index (χ2n) is 4.97. The highest BCUT2D eigenvalue weighted by molar-refractivity contribution is 7.98. The molecule has 1 aliphatic rings. The van der Waals surface area contributed by atoms with Crippen LogP contribution in [0.5, 0.6) is 5.75 Å². The minimum absolute atomic E-state index is 0.0904. The number of hydrogen-bond donors (Lipinski definition) is 2. The molecule has 0 aromatic heterocycles. The average Bonchev–Trinajstić information content (AvgIpc) is 2.46. The van der Waals surface area contributed by atoms with E-state index < -0.39 is 0 Å². The molecule has 0 aliphatic carbocycles. The smallest absolute Gasteiger partial charge is 0.262 e. The third-order valence-electron chi connectivity index (χ3n) is 3.36. The van der Waals surface area contributed by atoms with Crippen molar-refractivity contribution in [3.05, 3.63) is 23.8 Å². The molecule has 20 heavy (non-hydrogen) atoms. The van der Waals surface area contributed by atoms with Crippen LogP contribution in [0.15, 0.2) is 18.2 Å². The van der Waals surface area contributed by atoms with Crippen LogP contribution in [0.4, 0.5) is 5.69 Å². The number of anilines is 1. The van der Waals surface area contributed by atoms with Crippen molar-refractivity contribution in [1.82, 2.24) is 5.32 Å². The van der Waals surface area contributed by atoms with Crippen molar-refractivity contribution in [2.24, 2.45) is 0 Å². The van der Waals surface area contributed by atoms with Crippen LogP contribution in [0.3, 0.4) is 0 Å². The summed E-state index contributed by atoms with van der Waals surface area (Å²) in [5.41, 5.74) is 1.94. The van der Waals surface area contributed by atoms with Crippen molar-refractivity contribution < 1.29 is 9.53 Å². The number of fused-ring (bicyclic) bond motifs is 1. The zero-order chi connectivity index (χ0) is 14.4.